The fraction of sp³-hybridized carbons (Fsp3) is 0.720. The van der Waals surface area contributed by atoms with Crippen LogP contribution in [0.15, 0.2) is 61.2 Å². The fourth-order valence-corrected chi connectivity index (χ4v) is 14.5. The molecule has 0 saturated heterocycles. The molecule has 8 heteroatoms. The number of hydrogen-bond donors (Lipinski definition) is 0. The molecule has 0 N–H and O–H groups in total. The summed E-state index contributed by atoms with van der Waals surface area (Å²) >= 11 is 0. The predicted octanol–water partition coefficient (Wildman–Crippen LogP) is 8.99. The Hall–Kier alpha value is -3.42. The third kappa shape index (κ3) is 7.39. The molecule has 0 radical (unpaired) electrons. The average molecular weight is 797 g/mol. The molecule has 5 saturated carbocycles. The Balaban J connectivity index is 1.02. The highest BCUT2D eigenvalue weighted by Crippen LogP contribution is 2.77. The summed E-state index contributed by atoms with van der Waals surface area (Å²) in [5.74, 6) is 2.58. The molecule has 8 nitrogen and oxygen atoms in total. The van der Waals surface area contributed by atoms with Gasteiger partial charge in [0.2, 0.25) is 0 Å². The van der Waals surface area contributed by atoms with Crippen molar-refractivity contribution in [3.63, 3.8) is 0 Å². The highest BCUT2D eigenvalue weighted by Gasteiger charge is 2.71. The van der Waals surface area contributed by atoms with E-state index in [2.05, 4.69) is 91.3 Å². The van der Waals surface area contributed by atoms with Gasteiger partial charge >= 0.3 is 11.9 Å². The third-order valence-corrected chi connectivity index (χ3v) is 17.9. The largest absolute Gasteiger partial charge is 0.465 e. The summed E-state index contributed by atoms with van der Waals surface area (Å²) in [6.45, 7) is 21.5. The number of esters is 2. The second-order valence-electron chi connectivity index (χ2n) is 21.4. The van der Waals surface area contributed by atoms with Crippen molar-refractivity contribution >= 4 is 23.3 Å². The standard InChI is InChI=1S/C50H76N4O4/c1-35(2)38-14-25-50(34-57-43(55)21-32-53-28-17-36(18-29-53)51(8)9)27-26-48(6)39(45(38)50)12-13-41-47(5)23-16-42(46(3,4)40(47)15-24-49(41,48)7)58-44(56)22-33-54-30-19-37(20-31-54)52(10)11/h17-20,28-31,38-42,45H,1,12-16,21-27,32-34H2,2-11H3/q+2/t38?,39?,40?,41?,42-,45?,47-,48+,49+,50+/m0/s1. The second-order valence-corrected chi connectivity index (χ2v) is 21.4. The number of hydrogen-bond acceptors (Lipinski definition) is 6. The lowest BCUT2D eigenvalue weighted by atomic mass is 9.32. The molecular formula is C50H76N4O4+2. The summed E-state index contributed by atoms with van der Waals surface area (Å²) < 4.78 is 16.9. The summed E-state index contributed by atoms with van der Waals surface area (Å²) in [5.41, 5.74) is 4.21. The number of ether oxygens (including phenoxy) is 2. The molecule has 2 aromatic rings. The molecule has 5 aliphatic carbocycles. The number of fused-ring (bicyclic) bond motifs is 7. The van der Waals surface area contributed by atoms with Crippen molar-refractivity contribution < 1.29 is 28.2 Å². The van der Waals surface area contributed by atoms with Gasteiger partial charge in [-0.1, -0.05) is 46.8 Å². The Morgan fingerprint density at radius 1 is 0.707 bits per heavy atom. The Bertz CT molecular complexity index is 1820. The molecule has 5 fully saturated rings. The van der Waals surface area contributed by atoms with Crippen molar-refractivity contribution in [2.45, 2.75) is 138 Å². The van der Waals surface area contributed by atoms with Crippen LogP contribution in [-0.4, -0.2) is 52.8 Å². The minimum absolute atomic E-state index is 0.0341. The van der Waals surface area contributed by atoms with Crippen LogP contribution in [0.1, 0.15) is 119 Å². The first kappa shape index (κ1) is 42.7. The SMILES string of the molecule is C=C(C)C1CC[C@]2(COC(=O)CC[n+]3ccc(N(C)C)cc3)CC[C@]3(C)C(CCC4[C@@]5(C)CC[C@H](OC(=O)CC[n+]6ccc(N(C)C)cc6)C(C)(C)C5CC[C@]43C)C12. The summed E-state index contributed by atoms with van der Waals surface area (Å²) in [6.07, 6.45) is 20.5. The van der Waals surface area contributed by atoms with E-state index in [4.69, 9.17) is 9.47 Å². The first-order valence-electron chi connectivity index (χ1n) is 22.7. The molecule has 10 atom stereocenters. The zero-order valence-corrected chi connectivity index (χ0v) is 37.8. The summed E-state index contributed by atoms with van der Waals surface area (Å²) in [7, 11) is 8.16. The van der Waals surface area contributed by atoms with Crippen molar-refractivity contribution in [1.82, 2.24) is 0 Å². The Morgan fingerprint density at radius 2 is 1.29 bits per heavy atom. The molecule has 2 heterocycles. The number of pyridine rings is 2. The summed E-state index contributed by atoms with van der Waals surface area (Å²) in [5, 5.41) is 0. The van der Waals surface area contributed by atoms with Crippen LogP contribution in [0.3, 0.4) is 0 Å². The van der Waals surface area contributed by atoms with Gasteiger partial charge in [-0.3, -0.25) is 9.59 Å². The van der Waals surface area contributed by atoms with Gasteiger partial charge in [0.25, 0.3) is 0 Å². The Labute approximate surface area is 350 Å². The quantitative estimate of drug-likeness (QED) is 0.121. The highest BCUT2D eigenvalue weighted by atomic mass is 16.5. The van der Waals surface area contributed by atoms with Gasteiger partial charge in [-0.2, -0.15) is 0 Å². The van der Waals surface area contributed by atoms with E-state index in [9.17, 15) is 9.59 Å². The molecule has 318 valence electrons. The minimum Gasteiger partial charge on any atom is -0.465 e. The maximum absolute atomic E-state index is 13.4. The van der Waals surface area contributed by atoms with Gasteiger partial charge in [-0.05, 0) is 117 Å². The zero-order chi connectivity index (χ0) is 41.8. The lowest BCUT2D eigenvalue weighted by molar-refractivity contribution is -0.696. The van der Waals surface area contributed by atoms with Gasteiger partial charge in [-0.25, -0.2) is 9.13 Å². The normalized spacial score (nSPS) is 36.0. The van der Waals surface area contributed by atoms with Gasteiger partial charge in [0.15, 0.2) is 37.9 Å². The maximum Gasteiger partial charge on any atom is 0.312 e. The lowest BCUT2D eigenvalue weighted by Gasteiger charge is -2.73. The molecule has 58 heavy (non-hydrogen) atoms. The van der Waals surface area contributed by atoms with Crippen LogP contribution in [0.4, 0.5) is 11.4 Å². The van der Waals surface area contributed by atoms with E-state index in [1.807, 2.05) is 53.0 Å². The number of aryl methyl sites for hydroxylation is 2. The van der Waals surface area contributed by atoms with Crippen LogP contribution in [-0.2, 0) is 32.2 Å². The predicted molar refractivity (Wildman–Crippen MR) is 231 cm³/mol. The molecule has 7 rings (SSSR count). The summed E-state index contributed by atoms with van der Waals surface area (Å²) in [6, 6.07) is 8.35. The number of nitrogens with zero attached hydrogens (tertiary/aromatic N) is 4. The number of anilines is 2. The highest BCUT2D eigenvalue weighted by molar-refractivity contribution is 5.69. The topological polar surface area (TPSA) is 66.8 Å². The van der Waals surface area contributed by atoms with Crippen LogP contribution < -0.4 is 18.9 Å². The van der Waals surface area contributed by atoms with Crippen LogP contribution in [0.25, 0.3) is 0 Å². The number of allylic oxidation sites excluding steroid dienone is 1. The van der Waals surface area contributed by atoms with E-state index in [0.29, 0.717) is 62.1 Å². The van der Waals surface area contributed by atoms with Crippen molar-refractivity contribution in [2.75, 3.05) is 44.6 Å². The monoisotopic (exact) mass is 797 g/mol. The average Bonchev–Trinajstić information content (AvgIpc) is 3.57. The van der Waals surface area contributed by atoms with E-state index in [1.165, 1.54) is 37.7 Å². The van der Waals surface area contributed by atoms with Crippen molar-refractivity contribution in [3.05, 3.63) is 61.2 Å². The fourth-order valence-electron chi connectivity index (χ4n) is 14.5. The van der Waals surface area contributed by atoms with Crippen molar-refractivity contribution in [2.24, 2.45) is 56.7 Å². The molecule has 0 amide bonds. The minimum atomic E-state index is -0.0848. The zero-order valence-electron chi connectivity index (χ0n) is 37.8. The molecule has 0 spiro atoms. The molecule has 0 aliphatic heterocycles. The van der Waals surface area contributed by atoms with Crippen LogP contribution in [0.5, 0.6) is 0 Å². The van der Waals surface area contributed by atoms with E-state index in [0.717, 1.165) is 43.5 Å². The van der Waals surface area contributed by atoms with E-state index in [1.54, 1.807) is 0 Å². The van der Waals surface area contributed by atoms with Crippen LogP contribution in [0, 0.1) is 56.7 Å². The second kappa shape index (κ2) is 15.9. The molecule has 0 bridgehead atoms. The van der Waals surface area contributed by atoms with Gasteiger partial charge in [0, 0.05) is 74.7 Å². The first-order valence-corrected chi connectivity index (χ1v) is 22.7. The molecule has 5 aliphatic rings. The van der Waals surface area contributed by atoms with Gasteiger partial charge in [-0.15, -0.1) is 0 Å². The molecular weight excluding hydrogens is 721 g/mol. The number of carbonyl (C=O) groups is 2. The van der Waals surface area contributed by atoms with Crippen molar-refractivity contribution in [3.8, 4) is 0 Å². The van der Waals surface area contributed by atoms with E-state index in [-0.39, 0.29) is 45.1 Å². The number of carbonyl (C=O) groups excluding carboxylic acids is 2. The van der Waals surface area contributed by atoms with Gasteiger partial charge in [0.05, 0.1) is 6.61 Å². The van der Waals surface area contributed by atoms with E-state index < -0.39 is 0 Å². The Kier molecular flexibility index (Phi) is 11.7. The number of rotatable bonds is 12. The Morgan fingerprint density at radius 3 is 1.86 bits per heavy atom. The smallest absolute Gasteiger partial charge is 0.312 e. The maximum atomic E-state index is 13.4. The first-order chi connectivity index (χ1) is 27.3. The van der Waals surface area contributed by atoms with Gasteiger partial charge < -0.3 is 19.3 Å². The van der Waals surface area contributed by atoms with Crippen LogP contribution >= 0.6 is 0 Å². The molecule has 0 aromatic carbocycles. The summed E-state index contributed by atoms with van der Waals surface area (Å²) in [4.78, 5) is 30.9. The lowest BCUT2D eigenvalue weighted by Crippen LogP contribution is -2.67. The number of aromatic nitrogens is 2. The van der Waals surface area contributed by atoms with Crippen molar-refractivity contribution in [1.29, 1.82) is 0 Å². The van der Waals surface area contributed by atoms with Gasteiger partial charge in [0.1, 0.15) is 18.9 Å². The molecule has 2 aromatic heterocycles. The van der Waals surface area contributed by atoms with Crippen LogP contribution in [0.2, 0.25) is 0 Å². The van der Waals surface area contributed by atoms with E-state index >= 15 is 0 Å². The molecule has 5 unspecified atom stereocenters. The third-order valence-electron chi connectivity index (χ3n) is 17.9.